The summed E-state index contributed by atoms with van der Waals surface area (Å²) in [5.74, 6) is 1.62. The minimum absolute atomic E-state index is 0.135. The number of amides is 1. The van der Waals surface area contributed by atoms with Crippen molar-refractivity contribution in [2.24, 2.45) is 0 Å². The summed E-state index contributed by atoms with van der Waals surface area (Å²) in [6.07, 6.45) is 5.11. The molecule has 1 atom stereocenters. The highest BCUT2D eigenvalue weighted by Gasteiger charge is 2.19. The molecule has 1 N–H and O–H groups in total. The zero-order valence-corrected chi connectivity index (χ0v) is 21.0. The Bertz CT molecular complexity index is 1260. The molecular formula is C29H34N4O2. The Labute approximate surface area is 207 Å². The van der Waals surface area contributed by atoms with E-state index in [9.17, 15) is 4.79 Å². The number of benzene rings is 2. The molecule has 35 heavy (non-hydrogen) atoms. The number of aromatic nitrogens is 3. The Morgan fingerprint density at radius 3 is 2.43 bits per heavy atom. The van der Waals surface area contributed by atoms with Gasteiger partial charge in [0.15, 0.2) is 0 Å². The predicted molar refractivity (Wildman–Crippen MR) is 140 cm³/mol. The molecule has 1 amide bonds. The van der Waals surface area contributed by atoms with Crippen molar-refractivity contribution in [1.82, 2.24) is 19.9 Å². The number of hydrogen-bond donors (Lipinski definition) is 1. The van der Waals surface area contributed by atoms with Gasteiger partial charge in [-0.25, -0.2) is 4.98 Å². The maximum atomic E-state index is 12.7. The van der Waals surface area contributed by atoms with Gasteiger partial charge in [-0.05, 0) is 67.1 Å². The van der Waals surface area contributed by atoms with E-state index < -0.39 is 0 Å². The fraction of sp³-hybridized carbons (Fsp3) is 0.345. The quantitative estimate of drug-likeness (QED) is 0.301. The number of carbonyl (C=O) groups is 1. The minimum Gasteiger partial charge on any atom is -0.494 e. The van der Waals surface area contributed by atoms with Gasteiger partial charge in [0.1, 0.15) is 11.6 Å². The van der Waals surface area contributed by atoms with Crippen LogP contribution in [0.25, 0.3) is 11.0 Å². The normalized spacial score (nSPS) is 12.5. The third-order valence-corrected chi connectivity index (χ3v) is 6.13. The van der Waals surface area contributed by atoms with Crippen molar-refractivity contribution in [2.75, 3.05) is 6.61 Å². The molecule has 2 aromatic carbocycles. The Balaban J connectivity index is 1.38. The number of unbranched alkanes of at least 4 members (excludes halogenated alkanes) is 1. The van der Waals surface area contributed by atoms with Gasteiger partial charge < -0.3 is 14.6 Å². The van der Waals surface area contributed by atoms with E-state index in [2.05, 4.69) is 66.0 Å². The number of fused-ring (bicyclic) bond motifs is 1. The second-order valence-corrected chi connectivity index (χ2v) is 9.87. The van der Waals surface area contributed by atoms with Gasteiger partial charge in [-0.1, -0.05) is 45.0 Å². The first-order valence-electron chi connectivity index (χ1n) is 12.2. The van der Waals surface area contributed by atoms with E-state index in [1.807, 2.05) is 25.1 Å². The molecule has 0 fully saturated rings. The van der Waals surface area contributed by atoms with Crippen LogP contribution in [0.15, 0.2) is 73.1 Å². The molecule has 0 aliphatic carbocycles. The average molecular weight is 471 g/mol. The van der Waals surface area contributed by atoms with Crippen LogP contribution in [0.5, 0.6) is 5.75 Å². The zero-order valence-electron chi connectivity index (χ0n) is 21.0. The van der Waals surface area contributed by atoms with Crippen LogP contribution in [-0.2, 0) is 12.0 Å². The number of carbonyl (C=O) groups excluding carboxylic acids is 1. The molecule has 0 spiro atoms. The summed E-state index contributed by atoms with van der Waals surface area (Å²) in [5.41, 5.74) is 4.03. The van der Waals surface area contributed by atoms with E-state index in [0.717, 1.165) is 42.0 Å². The van der Waals surface area contributed by atoms with Crippen LogP contribution in [0.3, 0.4) is 0 Å². The molecule has 0 aliphatic heterocycles. The molecule has 2 heterocycles. The van der Waals surface area contributed by atoms with Crippen molar-refractivity contribution in [3.8, 4) is 5.75 Å². The van der Waals surface area contributed by atoms with Gasteiger partial charge in [-0.15, -0.1) is 0 Å². The van der Waals surface area contributed by atoms with Crippen molar-refractivity contribution in [2.45, 2.75) is 58.5 Å². The molecule has 6 heteroatoms. The lowest BCUT2D eigenvalue weighted by Gasteiger charge is -2.19. The summed E-state index contributed by atoms with van der Waals surface area (Å²) < 4.78 is 8.19. The number of para-hydroxylation sites is 2. The molecular weight excluding hydrogens is 436 g/mol. The van der Waals surface area contributed by atoms with Crippen molar-refractivity contribution >= 4 is 16.9 Å². The lowest BCUT2D eigenvalue weighted by atomic mass is 9.87. The third-order valence-electron chi connectivity index (χ3n) is 6.13. The Morgan fingerprint density at radius 1 is 1.00 bits per heavy atom. The number of imidazole rings is 1. The molecule has 182 valence electrons. The third kappa shape index (κ3) is 6.07. The van der Waals surface area contributed by atoms with Gasteiger partial charge in [0.25, 0.3) is 5.91 Å². The molecule has 0 radical (unpaired) electrons. The first kappa shape index (κ1) is 24.5. The number of rotatable bonds is 9. The lowest BCUT2D eigenvalue weighted by molar-refractivity contribution is 0.0937. The monoisotopic (exact) mass is 470 g/mol. The molecule has 2 aromatic heterocycles. The highest BCUT2D eigenvalue weighted by Crippen LogP contribution is 2.25. The van der Waals surface area contributed by atoms with Crippen LogP contribution < -0.4 is 10.1 Å². The topological polar surface area (TPSA) is 69.0 Å². The first-order valence-corrected chi connectivity index (χ1v) is 12.2. The van der Waals surface area contributed by atoms with E-state index in [-0.39, 0.29) is 17.4 Å². The minimum atomic E-state index is -0.236. The van der Waals surface area contributed by atoms with Crippen LogP contribution in [-0.4, -0.2) is 27.0 Å². The summed E-state index contributed by atoms with van der Waals surface area (Å²) >= 11 is 0. The van der Waals surface area contributed by atoms with E-state index in [4.69, 9.17) is 9.72 Å². The number of nitrogens with one attached hydrogen (secondary N) is 1. The second kappa shape index (κ2) is 10.7. The number of nitrogens with zero attached hydrogens (tertiary/aromatic N) is 3. The van der Waals surface area contributed by atoms with Crippen LogP contribution in [0.4, 0.5) is 0 Å². The fourth-order valence-electron chi connectivity index (χ4n) is 4.12. The predicted octanol–water partition coefficient (Wildman–Crippen LogP) is 6.08. The number of aryl methyl sites for hydroxylation is 1. The van der Waals surface area contributed by atoms with Gasteiger partial charge in [-0.3, -0.25) is 9.78 Å². The smallest absolute Gasteiger partial charge is 0.251 e. The van der Waals surface area contributed by atoms with Gasteiger partial charge in [0.2, 0.25) is 0 Å². The lowest BCUT2D eigenvalue weighted by Crippen LogP contribution is -2.28. The second-order valence-electron chi connectivity index (χ2n) is 9.87. The fourth-order valence-corrected chi connectivity index (χ4v) is 4.12. The van der Waals surface area contributed by atoms with Gasteiger partial charge in [0.05, 0.1) is 23.7 Å². The summed E-state index contributed by atoms with van der Waals surface area (Å²) in [4.78, 5) is 21.5. The van der Waals surface area contributed by atoms with Crippen LogP contribution >= 0.6 is 0 Å². The largest absolute Gasteiger partial charge is 0.494 e. The highest BCUT2D eigenvalue weighted by molar-refractivity contribution is 5.94. The molecule has 0 bridgehead atoms. The Morgan fingerprint density at radius 2 is 1.71 bits per heavy atom. The summed E-state index contributed by atoms with van der Waals surface area (Å²) in [7, 11) is 0. The highest BCUT2D eigenvalue weighted by atomic mass is 16.5. The van der Waals surface area contributed by atoms with Gasteiger partial charge in [-0.2, -0.15) is 0 Å². The van der Waals surface area contributed by atoms with Crippen LogP contribution in [0, 0.1) is 0 Å². The van der Waals surface area contributed by atoms with E-state index in [1.165, 1.54) is 5.56 Å². The molecule has 0 saturated carbocycles. The van der Waals surface area contributed by atoms with E-state index in [1.54, 1.807) is 24.5 Å². The first-order chi connectivity index (χ1) is 16.8. The van der Waals surface area contributed by atoms with Crippen LogP contribution in [0.2, 0.25) is 0 Å². The Kier molecular flexibility index (Phi) is 7.49. The number of ether oxygens (including phenoxy) is 1. The molecule has 4 aromatic rings. The van der Waals surface area contributed by atoms with Gasteiger partial charge >= 0.3 is 0 Å². The number of hydrogen-bond acceptors (Lipinski definition) is 4. The van der Waals surface area contributed by atoms with Crippen molar-refractivity contribution in [3.05, 3.63) is 90.0 Å². The molecule has 0 aliphatic rings. The molecule has 4 rings (SSSR count). The summed E-state index contributed by atoms with van der Waals surface area (Å²) in [6, 6.07) is 19.7. The van der Waals surface area contributed by atoms with E-state index >= 15 is 0 Å². The standard InChI is InChI=1S/C29H34N4O2/c1-21(31-28(34)22-15-17-30-18-16-22)27-32-25-9-5-6-10-26(25)33(27)19-7-8-20-35-24-13-11-23(12-14-24)29(2,3)4/h5-6,9-18,21H,7-8,19-20H2,1-4H3,(H,31,34). The zero-order chi connectivity index (χ0) is 24.8. The van der Waals surface area contributed by atoms with Crippen molar-refractivity contribution < 1.29 is 9.53 Å². The molecule has 1 unspecified atom stereocenters. The summed E-state index contributed by atoms with van der Waals surface area (Å²) in [6.45, 7) is 10.1. The van der Waals surface area contributed by atoms with Crippen LogP contribution in [0.1, 0.15) is 68.3 Å². The van der Waals surface area contributed by atoms with E-state index in [0.29, 0.717) is 12.2 Å². The Hall–Kier alpha value is -3.67. The molecule has 0 saturated heterocycles. The molecule has 6 nitrogen and oxygen atoms in total. The average Bonchev–Trinajstić information content (AvgIpc) is 3.23. The maximum Gasteiger partial charge on any atom is 0.251 e. The van der Waals surface area contributed by atoms with Crippen molar-refractivity contribution in [1.29, 1.82) is 0 Å². The summed E-state index contributed by atoms with van der Waals surface area (Å²) in [5, 5.41) is 3.08. The SMILES string of the molecule is CC(NC(=O)c1ccncc1)c1nc2ccccc2n1CCCCOc1ccc(C(C)(C)C)cc1. The maximum absolute atomic E-state index is 12.7. The van der Waals surface area contributed by atoms with Gasteiger partial charge in [0, 0.05) is 24.5 Å². The number of pyridine rings is 1. The van der Waals surface area contributed by atoms with Crippen molar-refractivity contribution in [3.63, 3.8) is 0 Å².